The van der Waals surface area contributed by atoms with Crippen LogP contribution in [0.4, 0.5) is 0 Å². The molecule has 1 aliphatic rings. The molecule has 2 aromatic rings. The number of fused-ring (bicyclic) bond motifs is 1. The largest absolute Gasteiger partial charge is 0.354 e. The summed E-state index contributed by atoms with van der Waals surface area (Å²) < 4.78 is 0. The number of carbonyl (C=O) groups excluding carboxylic acids is 1. The Labute approximate surface area is 133 Å². The van der Waals surface area contributed by atoms with Crippen LogP contribution in [0.2, 0.25) is 0 Å². The summed E-state index contributed by atoms with van der Waals surface area (Å²) in [5, 5.41) is 9.43. The van der Waals surface area contributed by atoms with Crippen molar-refractivity contribution in [2.24, 2.45) is 0 Å². The van der Waals surface area contributed by atoms with Gasteiger partial charge in [0.2, 0.25) is 5.91 Å². The molecule has 1 amide bonds. The van der Waals surface area contributed by atoms with E-state index in [4.69, 9.17) is 0 Å². The Kier molecular flexibility index (Phi) is 4.54. The predicted molar refractivity (Wildman–Crippen MR) is 86.0 cm³/mol. The first-order chi connectivity index (χ1) is 10.6. The Morgan fingerprint density at radius 1 is 1.55 bits per heavy atom. The summed E-state index contributed by atoms with van der Waals surface area (Å²) in [7, 11) is 0. The fraction of sp³-hybridized carbons (Fsp3) is 0.533. The lowest BCUT2D eigenvalue weighted by Crippen LogP contribution is -2.42. The molecule has 0 radical (unpaired) electrons. The molecule has 3 N–H and O–H groups in total. The second kappa shape index (κ2) is 6.58. The first-order valence-electron chi connectivity index (χ1n) is 7.62. The van der Waals surface area contributed by atoms with Gasteiger partial charge in [-0.1, -0.05) is 13.8 Å². The van der Waals surface area contributed by atoms with E-state index >= 15 is 0 Å². The molecule has 0 spiro atoms. The van der Waals surface area contributed by atoms with Gasteiger partial charge in [-0.05, 0) is 0 Å². The maximum Gasteiger partial charge on any atom is 0.243 e. The first kappa shape index (κ1) is 15.2. The number of carbonyl (C=O) groups is 1. The van der Waals surface area contributed by atoms with Gasteiger partial charge in [0.25, 0.3) is 0 Å². The van der Waals surface area contributed by atoms with E-state index in [1.165, 1.54) is 0 Å². The Morgan fingerprint density at radius 2 is 2.41 bits per heavy atom. The van der Waals surface area contributed by atoms with Crippen LogP contribution >= 0.6 is 11.3 Å². The minimum Gasteiger partial charge on any atom is -0.354 e. The number of thiazole rings is 1. The summed E-state index contributed by atoms with van der Waals surface area (Å²) in [4.78, 5) is 24.3. The maximum atomic E-state index is 12.3. The van der Waals surface area contributed by atoms with E-state index in [1.54, 1.807) is 17.7 Å². The number of H-pyrrole nitrogens is 1. The summed E-state index contributed by atoms with van der Waals surface area (Å²) in [5.41, 5.74) is 2.92. The highest BCUT2D eigenvalue weighted by molar-refractivity contribution is 7.09. The molecule has 0 saturated carbocycles. The van der Waals surface area contributed by atoms with E-state index in [2.05, 4.69) is 44.8 Å². The maximum absolute atomic E-state index is 12.3. The molecule has 7 heteroatoms. The van der Waals surface area contributed by atoms with E-state index in [0.29, 0.717) is 12.5 Å². The summed E-state index contributed by atoms with van der Waals surface area (Å²) >= 11 is 1.69. The number of aromatic nitrogens is 3. The number of imidazole rings is 1. The summed E-state index contributed by atoms with van der Waals surface area (Å²) in [6, 6.07) is -0.350. The Morgan fingerprint density at radius 3 is 3.18 bits per heavy atom. The van der Waals surface area contributed by atoms with Crippen LogP contribution in [0.15, 0.2) is 11.7 Å². The normalized spacial score (nSPS) is 17.5. The molecule has 0 aliphatic carbocycles. The number of hydrogen-bond donors (Lipinski definition) is 3. The number of nitrogens with one attached hydrogen (secondary N) is 3. The molecule has 118 valence electrons. The minimum atomic E-state index is -0.350. The van der Waals surface area contributed by atoms with Gasteiger partial charge in [0.05, 0.1) is 22.7 Å². The van der Waals surface area contributed by atoms with Gasteiger partial charge in [0.15, 0.2) is 0 Å². The lowest BCUT2D eigenvalue weighted by molar-refractivity contribution is -0.123. The third-order valence-corrected chi connectivity index (χ3v) is 4.95. The van der Waals surface area contributed by atoms with Crippen LogP contribution in [-0.4, -0.2) is 33.9 Å². The molecule has 0 fully saturated rings. The molecule has 2 aromatic heterocycles. The standard InChI is InChI=1S/C15H21N5OS/c1-9(2)15-20-10(7-22-15)3-5-17-14(21)13-12-11(4-6-16-13)18-8-19-12/h7-9,13,16H,3-6H2,1-2H3,(H,17,21)(H,18,19)/t13-/m1/s1. The summed E-state index contributed by atoms with van der Waals surface area (Å²) in [6.45, 7) is 5.66. The van der Waals surface area contributed by atoms with Gasteiger partial charge in [0.1, 0.15) is 6.04 Å². The topological polar surface area (TPSA) is 82.7 Å². The molecule has 3 heterocycles. The summed E-state index contributed by atoms with van der Waals surface area (Å²) in [5.74, 6) is 0.435. The van der Waals surface area contributed by atoms with Crippen LogP contribution in [0.3, 0.4) is 0 Å². The van der Waals surface area contributed by atoms with E-state index < -0.39 is 0 Å². The van der Waals surface area contributed by atoms with E-state index in [9.17, 15) is 4.79 Å². The SMILES string of the molecule is CC(C)c1nc(CCNC(=O)[C@@H]2NCCc3[nH]cnc32)cs1. The average molecular weight is 319 g/mol. The molecule has 3 rings (SSSR count). The third kappa shape index (κ3) is 3.20. The fourth-order valence-corrected chi connectivity index (χ4v) is 3.42. The van der Waals surface area contributed by atoms with Gasteiger partial charge in [-0.15, -0.1) is 11.3 Å². The van der Waals surface area contributed by atoms with Crippen LogP contribution < -0.4 is 10.6 Å². The zero-order valence-electron chi connectivity index (χ0n) is 12.8. The molecular formula is C15H21N5OS. The van der Waals surface area contributed by atoms with Crippen LogP contribution in [-0.2, 0) is 17.6 Å². The van der Waals surface area contributed by atoms with Gasteiger partial charge in [-0.3, -0.25) is 4.79 Å². The quantitative estimate of drug-likeness (QED) is 0.780. The number of aromatic amines is 1. The van der Waals surface area contributed by atoms with Crippen LogP contribution in [0.1, 0.15) is 47.9 Å². The van der Waals surface area contributed by atoms with E-state index in [0.717, 1.165) is 41.5 Å². The summed E-state index contributed by atoms with van der Waals surface area (Å²) in [6.07, 6.45) is 3.30. The molecule has 6 nitrogen and oxygen atoms in total. The highest BCUT2D eigenvalue weighted by atomic mass is 32.1. The van der Waals surface area contributed by atoms with Crippen molar-refractivity contribution < 1.29 is 4.79 Å². The van der Waals surface area contributed by atoms with Crippen molar-refractivity contribution in [3.8, 4) is 0 Å². The second-order valence-corrected chi connectivity index (χ2v) is 6.67. The number of rotatable bonds is 5. The molecule has 22 heavy (non-hydrogen) atoms. The lowest BCUT2D eigenvalue weighted by Gasteiger charge is -2.22. The van der Waals surface area contributed by atoms with Gasteiger partial charge in [-0.2, -0.15) is 0 Å². The molecule has 1 aliphatic heterocycles. The molecule has 0 saturated heterocycles. The first-order valence-corrected chi connectivity index (χ1v) is 8.50. The van der Waals surface area contributed by atoms with Gasteiger partial charge in [-0.25, -0.2) is 9.97 Å². The van der Waals surface area contributed by atoms with Crippen LogP contribution in [0.5, 0.6) is 0 Å². The number of amides is 1. The van der Waals surface area contributed by atoms with Crippen molar-refractivity contribution in [2.45, 2.75) is 38.6 Å². The Hall–Kier alpha value is -1.73. The van der Waals surface area contributed by atoms with Crippen molar-refractivity contribution in [3.63, 3.8) is 0 Å². The van der Waals surface area contributed by atoms with Crippen LogP contribution in [0.25, 0.3) is 0 Å². The molecule has 0 aromatic carbocycles. The number of hydrogen-bond acceptors (Lipinski definition) is 5. The predicted octanol–water partition coefficient (Wildman–Crippen LogP) is 1.54. The van der Waals surface area contributed by atoms with Crippen LogP contribution in [0, 0.1) is 0 Å². The second-order valence-electron chi connectivity index (χ2n) is 5.78. The minimum absolute atomic E-state index is 0.0210. The van der Waals surface area contributed by atoms with Crippen molar-refractivity contribution in [1.82, 2.24) is 25.6 Å². The van der Waals surface area contributed by atoms with Gasteiger partial charge >= 0.3 is 0 Å². The monoisotopic (exact) mass is 319 g/mol. The van der Waals surface area contributed by atoms with Gasteiger partial charge < -0.3 is 15.6 Å². The van der Waals surface area contributed by atoms with Gasteiger partial charge in [0, 0.05) is 42.9 Å². The molecule has 1 atom stereocenters. The number of nitrogens with zero attached hydrogens (tertiary/aromatic N) is 2. The van der Waals surface area contributed by atoms with Crippen molar-refractivity contribution >= 4 is 17.2 Å². The Balaban J connectivity index is 1.53. The molecule has 0 bridgehead atoms. The van der Waals surface area contributed by atoms with E-state index in [1.807, 2.05) is 0 Å². The molecular weight excluding hydrogens is 298 g/mol. The Bertz CT molecular complexity index is 648. The molecule has 0 unspecified atom stereocenters. The fourth-order valence-electron chi connectivity index (χ4n) is 2.55. The third-order valence-electron chi connectivity index (χ3n) is 3.75. The smallest absolute Gasteiger partial charge is 0.243 e. The average Bonchev–Trinajstić information content (AvgIpc) is 3.15. The van der Waals surface area contributed by atoms with Crippen molar-refractivity contribution in [1.29, 1.82) is 0 Å². The zero-order chi connectivity index (χ0) is 15.5. The zero-order valence-corrected chi connectivity index (χ0v) is 13.7. The van der Waals surface area contributed by atoms with E-state index in [-0.39, 0.29) is 11.9 Å². The van der Waals surface area contributed by atoms with Crippen molar-refractivity contribution in [2.75, 3.05) is 13.1 Å². The highest BCUT2D eigenvalue weighted by Crippen LogP contribution is 2.20. The lowest BCUT2D eigenvalue weighted by atomic mass is 10.1. The highest BCUT2D eigenvalue weighted by Gasteiger charge is 2.27. The van der Waals surface area contributed by atoms with Crippen molar-refractivity contribution in [3.05, 3.63) is 33.8 Å².